The molecule has 232 valence electrons. The standard InChI is InChI=1S/C36H33ClF6O/c1-2-3-4-5-22-6-8-23(9-7-22)24-11-16-30(34(40)18-24)36(42,43)44-27-13-15-29(33(39)21-27)25-10-14-28(32(38)19-25)26-12-17-31(37)35(41)20-26/h10-23H,2-9H2,1H3. The molecule has 4 aromatic carbocycles. The van der Waals surface area contributed by atoms with Crippen LogP contribution in [0.2, 0.25) is 5.02 Å². The molecule has 0 N–H and O–H groups in total. The monoisotopic (exact) mass is 630 g/mol. The minimum Gasteiger partial charge on any atom is -0.429 e. The predicted octanol–water partition coefficient (Wildman–Crippen LogP) is 12.2. The molecule has 0 aromatic heterocycles. The summed E-state index contributed by atoms with van der Waals surface area (Å²) >= 11 is 5.69. The highest BCUT2D eigenvalue weighted by molar-refractivity contribution is 6.30. The van der Waals surface area contributed by atoms with Gasteiger partial charge >= 0.3 is 6.11 Å². The van der Waals surface area contributed by atoms with Gasteiger partial charge in [0.25, 0.3) is 0 Å². The Morgan fingerprint density at radius 2 is 1.34 bits per heavy atom. The number of alkyl halides is 2. The molecule has 4 aromatic rings. The molecule has 0 saturated heterocycles. The van der Waals surface area contributed by atoms with Crippen molar-refractivity contribution in [3.8, 4) is 28.0 Å². The zero-order chi connectivity index (χ0) is 31.4. The van der Waals surface area contributed by atoms with Crippen molar-refractivity contribution in [3.63, 3.8) is 0 Å². The average Bonchev–Trinajstić information content (AvgIpc) is 2.99. The van der Waals surface area contributed by atoms with Gasteiger partial charge in [0.15, 0.2) is 0 Å². The molecule has 1 nitrogen and oxygen atoms in total. The second-order valence-corrected chi connectivity index (χ2v) is 11.9. The van der Waals surface area contributed by atoms with Crippen molar-refractivity contribution in [1.82, 2.24) is 0 Å². The van der Waals surface area contributed by atoms with Gasteiger partial charge < -0.3 is 4.74 Å². The SMILES string of the molecule is CCCCCC1CCC(c2ccc(C(F)(F)Oc3ccc(-c4ccc(-c5ccc(Cl)c(F)c5)c(F)c4)c(F)c3)c(F)c2)CC1. The maximum absolute atomic E-state index is 15.1. The van der Waals surface area contributed by atoms with Gasteiger partial charge in [-0.1, -0.05) is 68.5 Å². The first-order valence-electron chi connectivity index (χ1n) is 15.0. The van der Waals surface area contributed by atoms with E-state index in [-0.39, 0.29) is 33.2 Å². The van der Waals surface area contributed by atoms with Gasteiger partial charge in [-0.3, -0.25) is 0 Å². The minimum absolute atomic E-state index is 0.0657. The molecule has 5 rings (SSSR count). The Balaban J connectivity index is 1.26. The molecular weight excluding hydrogens is 598 g/mol. The maximum atomic E-state index is 15.1. The van der Waals surface area contributed by atoms with E-state index in [0.717, 1.165) is 62.1 Å². The van der Waals surface area contributed by atoms with Crippen LogP contribution in [0, 0.1) is 29.2 Å². The van der Waals surface area contributed by atoms with Crippen molar-refractivity contribution >= 4 is 11.6 Å². The molecule has 0 aliphatic heterocycles. The Morgan fingerprint density at radius 3 is 1.95 bits per heavy atom. The zero-order valence-electron chi connectivity index (χ0n) is 24.3. The molecule has 0 radical (unpaired) electrons. The number of hydrogen-bond donors (Lipinski definition) is 0. The quantitative estimate of drug-likeness (QED) is 0.125. The summed E-state index contributed by atoms with van der Waals surface area (Å²) in [5, 5.41) is -0.106. The normalized spacial score (nSPS) is 17.1. The molecule has 8 heteroatoms. The highest BCUT2D eigenvalue weighted by Crippen LogP contribution is 2.41. The van der Waals surface area contributed by atoms with Crippen LogP contribution in [0.4, 0.5) is 26.3 Å². The van der Waals surface area contributed by atoms with Crippen molar-refractivity contribution in [2.75, 3.05) is 0 Å². The van der Waals surface area contributed by atoms with Crippen molar-refractivity contribution in [2.45, 2.75) is 70.3 Å². The summed E-state index contributed by atoms with van der Waals surface area (Å²) in [6, 6.07) is 14.4. The van der Waals surface area contributed by atoms with E-state index in [1.165, 1.54) is 62.1 Å². The van der Waals surface area contributed by atoms with Crippen LogP contribution in [0.1, 0.15) is 75.3 Å². The summed E-state index contributed by atoms with van der Waals surface area (Å²) in [5.74, 6) is -3.19. The maximum Gasteiger partial charge on any atom is 0.429 e. The van der Waals surface area contributed by atoms with Crippen molar-refractivity contribution in [1.29, 1.82) is 0 Å². The number of benzene rings is 4. The smallest absolute Gasteiger partial charge is 0.429 e. The predicted molar refractivity (Wildman–Crippen MR) is 162 cm³/mol. The van der Waals surface area contributed by atoms with Crippen LogP contribution in [-0.2, 0) is 6.11 Å². The zero-order valence-corrected chi connectivity index (χ0v) is 25.0. The summed E-state index contributed by atoms with van der Waals surface area (Å²) in [6.07, 6.45) is 4.68. The van der Waals surface area contributed by atoms with Gasteiger partial charge in [0.05, 0.1) is 10.6 Å². The first kappa shape index (κ1) is 32.0. The van der Waals surface area contributed by atoms with E-state index in [2.05, 4.69) is 6.92 Å². The number of halogens is 7. The lowest BCUT2D eigenvalue weighted by Crippen LogP contribution is -2.24. The van der Waals surface area contributed by atoms with E-state index in [1.54, 1.807) is 0 Å². The molecule has 0 unspecified atom stereocenters. The lowest BCUT2D eigenvalue weighted by molar-refractivity contribution is -0.187. The Hall–Kier alpha value is -3.45. The van der Waals surface area contributed by atoms with Gasteiger partial charge in [-0.2, -0.15) is 8.78 Å². The highest BCUT2D eigenvalue weighted by Gasteiger charge is 2.38. The molecule has 0 bridgehead atoms. The van der Waals surface area contributed by atoms with E-state index in [1.807, 2.05) is 0 Å². The Morgan fingerprint density at radius 1 is 0.705 bits per heavy atom. The number of hydrogen-bond acceptors (Lipinski definition) is 1. The van der Waals surface area contributed by atoms with Crippen LogP contribution >= 0.6 is 11.6 Å². The summed E-state index contributed by atoms with van der Waals surface area (Å²) in [6.45, 7) is 2.18. The fourth-order valence-corrected chi connectivity index (χ4v) is 6.18. The Bertz CT molecular complexity index is 1610. The first-order chi connectivity index (χ1) is 21.1. The molecule has 0 spiro atoms. The summed E-state index contributed by atoms with van der Waals surface area (Å²) in [4.78, 5) is 0. The fraction of sp³-hybridized carbons (Fsp3) is 0.333. The van der Waals surface area contributed by atoms with Crippen LogP contribution in [-0.4, -0.2) is 0 Å². The van der Waals surface area contributed by atoms with E-state index in [4.69, 9.17) is 16.3 Å². The van der Waals surface area contributed by atoms with Crippen LogP contribution in [0.3, 0.4) is 0 Å². The van der Waals surface area contributed by atoms with Gasteiger partial charge in [0.1, 0.15) is 29.0 Å². The highest BCUT2D eigenvalue weighted by atomic mass is 35.5. The summed E-state index contributed by atoms with van der Waals surface area (Å²) in [5.41, 5.74) is 0.150. The first-order valence-corrected chi connectivity index (χ1v) is 15.3. The van der Waals surface area contributed by atoms with Crippen LogP contribution in [0.25, 0.3) is 22.3 Å². The van der Waals surface area contributed by atoms with Gasteiger partial charge in [0, 0.05) is 17.2 Å². The topological polar surface area (TPSA) is 9.23 Å². The van der Waals surface area contributed by atoms with Gasteiger partial charge in [-0.05, 0) is 96.7 Å². The Labute approximate surface area is 258 Å². The molecule has 1 aliphatic carbocycles. The second kappa shape index (κ2) is 13.7. The lowest BCUT2D eigenvalue weighted by Gasteiger charge is -2.29. The molecular formula is C36H33ClF6O. The van der Waals surface area contributed by atoms with E-state index >= 15 is 13.2 Å². The number of unbranched alkanes of at least 4 members (excludes halogenated alkanes) is 2. The summed E-state index contributed by atoms with van der Waals surface area (Å²) in [7, 11) is 0. The molecule has 44 heavy (non-hydrogen) atoms. The van der Waals surface area contributed by atoms with Crippen molar-refractivity contribution < 1.29 is 31.1 Å². The molecule has 0 atom stereocenters. The van der Waals surface area contributed by atoms with Crippen molar-refractivity contribution in [3.05, 3.63) is 112 Å². The third-order valence-electron chi connectivity index (χ3n) is 8.54. The van der Waals surface area contributed by atoms with E-state index < -0.39 is 40.7 Å². The van der Waals surface area contributed by atoms with E-state index in [9.17, 15) is 13.2 Å². The molecule has 1 saturated carbocycles. The molecule has 0 amide bonds. The fourth-order valence-electron chi connectivity index (χ4n) is 6.07. The number of rotatable bonds is 10. The van der Waals surface area contributed by atoms with Crippen LogP contribution in [0.5, 0.6) is 5.75 Å². The molecule has 1 aliphatic rings. The van der Waals surface area contributed by atoms with Gasteiger partial charge in [0.2, 0.25) is 0 Å². The second-order valence-electron chi connectivity index (χ2n) is 11.5. The largest absolute Gasteiger partial charge is 0.429 e. The number of ether oxygens (including phenoxy) is 1. The van der Waals surface area contributed by atoms with Gasteiger partial charge in [-0.25, -0.2) is 17.6 Å². The van der Waals surface area contributed by atoms with Crippen molar-refractivity contribution in [2.24, 2.45) is 5.92 Å². The third kappa shape index (κ3) is 7.26. The average molecular weight is 631 g/mol. The minimum atomic E-state index is -4.06. The van der Waals surface area contributed by atoms with Crippen LogP contribution in [0.15, 0.2) is 72.8 Å². The third-order valence-corrected chi connectivity index (χ3v) is 8.84. The van der Waals surface area contributed by atoms with E-state index in [0.29, 0.717) is 11.5 Å². The summed E-state index contributed by atoms with van der Waals surface area (Å²) < 4.78 is 93.7. The van der Waals surface area contributed by atoms with Crippen LogP contribution < -0.4 is 4.74 Å². The lowest BCUT2D eigenvalue weighted by atomic mass is 9.77. The molecule has 1 fully saturated rings. The molecule has 0 heterocycles. The van der Waals surface area contributed by atoms with Gasteiger partial charge in [-0.15, -0.1) is 0 Å². The Kier molecular flexibility index (Phi) is 9.94.